The summed E-state index contributed by atoms with van der Waals surface area (Å²) >= 11 is 5.90. The topological polar surface area (TPSA) is 27.1 Å². The second-order valence-electron chi connectivity index (χ2n) is 5.16. The summed E-state index contributed by atoms with van der Waals surface area (Å²) in [5, 5.41) is 0. The molecule has 2 aromatic rings. The third kappa shape index (κ3) is 3.15. The first-order chi connectivity index (χ1) is 10.2. The molecule has 0 amide bonds. The minimum atomic E-state index is -0.379. The zero-order valence-electron chi connectivity index (χ0n) is 12.8. The first kappa shape index (κ1) is 16.1. The SMILES string of the molecule is CCCC(CC)n1c(CCCl)nc2cc(F)c(OC)cc21. The molecule has 0 fully saturated rings. The van der Waals surface area contributed by atoms with E-state index in [1.165, 1.54) is 13.2 Å². The van der Waals surface area contributed by atoms with Crippen LogP contribution in [0.4, 0.5) is 4.39 Å². The van der Waals surface area contributed by atoms with Crippen LogP contribution in [0.2, 0.25) is 0 Å². The third-order valence-electron chi connectivity index (χ3n) is 3.81. The summed E-state index contributed by atoms with van der Waals surface area (Å²) in [4.78, 5) is 4.57. The van der Waals surface area contributed by atoms with Gasteiger partial charge in [-0.05, 0) is 12.8 Å². The Kier molecular flexibility index (Phi) is 5.45. The standard InChI is InChI=1S/C16H22ClFN2O/c1-4-6-11(5-2)20-14-10-15(21-3)12(18)9-13(14)19-16(20)7-8-17/h9-11H,4-8H2,1-3H3. The first-order valence-electron chi connectivity index (χ1n) is 7.46. The Balaban J connectivity index is 2.64. The van der Waals surface area contributed by atoms with E-state index in [-0.39, 0.29) is 11.6 Å². The molecule has 0 aliphatic heterocycles. The number of imidazole rings is 1. The number of fused-ring (bicyclic) bond motifs is 1. The summed E-state index contributed by atoms with van der Waals surface area (Å²) < 4.78 is 21.2. The average molecular weight is 313 g/mol. The summed E-state index contributed by atoms with van der Waals surface area (Å²) in [6, 6.07) is 3.54. The summed E-state index contributed by atoms with van der Waals surface area (Å²) in [5.74, 6) is 1.31. The van der Waals surface area contributed by atoms with Gasteiger partial charge < -0.3 is 9.30 Å². The highest BCUT2D eigenvalue weighted by atomic mass is 35.5. The van der Waals surface area contributed by atoms with E-state index in [0.717, 1.165) is 30.6 Å². The fraction of sp³-hybridized carbons (Fsp3) is 0.562. The fourth-order valence-electron chi connectivity index (χ4n) is 2.82. The molecule has 3 nitrogen and oxygen atoms in total. The van der Waals surface area contributed by atoms with Crippen molar-refractivity contribution in [2.75, 3.05) is 13.0 Å². The van der Waals surface area contributed by atoms with Gasteiger partial charge in [-0.15, -0.1) is 11.6 Å². The average Bonchev–Trinajstić information content (AvgIpc) is 2.81. The van der Waals surface area contributed by atoms with Gasteiger partial charge >= 0.3 is 0 Å². The molecule has 21 heavy (non-hydrogen) atoms. The molecule has 1 atom stereocenters. The number of ether oxygens (including phenoxy) is 1. The molecule has 0 radical (unpaired) electrons. The Morgan fingerprint density at radius 3 is 2.71 bits per heavy atom. The molecule has 2 rings (SSSR count). The predicted octanol–water partition coefficient (Wildman–Crippen LogP) is 4.72. The van der Waals surface area contributed by atoms with Crippen LogP contribution in [0.1, 0.15) is 45.0 Å². The van der Waals surface area contributed by atoms with Crippen molar-refractivity contribution < 1.29 is 9.13 Å². The van der Waals surface area contributed by atoms with Crippen molar-refractivity contribution in [2.24, 2.45) is 0 Å². The monoisotopic (exact) mass is 312 g/mol. The maximum atomic E-state index is 13.9. The van der Waals surface area contributed by atoms with Crippen LogP contribution in [0.5, 0.6) is 5.75 Å². The minimum absolute atomic E-state index is 0.257. The largest absolute Gasteiger partial charge is 0.494 e. The smallest absolute Gasteiger partial charge is 0.167 e. The number of nitrogens with zero attached hydrogens (tertiary/aromatic N) is 2. The van der Waals surface area contributed by atoms with Crippen LogP contribution < -0.4 is 4.74 Å². The lowest BCUT2D eigenvalue weighted by atomic mass is 10.1. The first-order valence-corrected chi connectivity index (χ1v) is 7.99. The summed E-state index contributed by atoms with van der Waals surface area (Å²) in [7, 11) is 1.48. The lowest BCUT2D eigenvalue weighted by Gasteiger charge is -2.20. The van der Waals surface area contributed by atoms with Crippen molar-refractivity contribution in [1.29, 1.82) is 0 Å². The van der Waals surface area contributed by atoms with Gasteiger partial charge in [0.05, 0.1) is 18.1 Å². The Labute approximate surface area is 130 Å². The van der Waals surface area contributed by atoms with E-state index in [0.29, 0.717) is 23.9 Å². The maximum absolute atomic E-state index is 13.9. The molecule has 1 aromatic heterocycles. The normalized spacial score (nSPS) is 12.8. The minimum Gasteiger partial charge on any atom is -0.494 e. The number of alkyl halides is 1. The van der Waals surface area contributed by atoms with E-state index in [9.17, 15) is 4.39 Å². The second-order valence-corrected chi connectivity index (χ2v) is 5.54. The van der Waals surface area contributed by atoms with Crippen molar-refractivity contribution in [2.45, 2.75) is 45.6 Å². The van der Waals surface area contributed by atoms with E-state index < -0.39 is 0 Å². The number of halogens is 2. The lowest BCUT2D eigenvalue weighted by Crippen LogP contribution is -2.12. The van der Waals surface area contributed by atoms with Gasteiger partial charge in [0.2, 0.25) is 0 Å². The Morgan fingerprint density at radius 2 is 2.14 bits per heavy atom. The van der Waals surface area contributed by atoms with Crippen molar-refractivity contribution in [1.82, 2.24) is 9.55 Å². The molecule has 1 unspecified atom stereocenters. The van der Waals surface area contributed by atoms with Gasteiger partial charge in [-0.2, -0.15) is 0 Å². The molecule has 0 bridgehead atoms. The number of aryl methyl sites for hydroxylation is 1. The molecular weight excluding hydrogens is 291 g/mol. The molecule has 0 aliphatic carbocycles. The molecule has 0 spiro atoms. The Bertz CT molecular complexity index is 612. The number of hydrogen-bond donors (Lipinski definition) is 0. The van der Waals surface area contributed by atoms with E-state index in [1.54, 1.807) is 6.07 Å². The Morgan fingerprint density at radius 1 is 1.38 bits per heavy atom. The van der Waals surface area contributed by atoms with Gasteiger partial charge in [0, 0.05) is 30.5 Å². The molecular formula is C16H22ClFN2O. The van der Waals surface area contributed by atoms with Crippen LogP contribution in [0.15, 0.2) is 12.1 Å². The van der Waals surface area contributed by atoms with Crippen molar-refractivity contribution in [3.63, 3.8) is 0 Å². The number of rotatable bonds is 7. The molecule has 0 N–H and O–H groups in total. The molecule has 5 heteroatoms. The number of methoxy groups -OCH3 is 1. The van der Waals surface area contributed by atoms with E-state index in [2.05, 4.69) is 23.4 Å². The van der Waals surface area contributed by atoms with Gasteiger partial charge in [-0.25, -0.2) is 9.37 Å². The van der Waals surface area contributed by atoms with Crippen molar-refractivity contribution >= 4 is 22.6 Å². The molecule has 116 valence electrons. The van der Waals surface area contributed by atoms with E-state index in [4.69, 9.17) is 16.3 Å². The predicted molar refractivity (Wildman–Crippen MR) is 84.9 cm³/mol. The highest BCUT2D eigenvalue weighted by Crippen LogP contribution is 2.31. The third-order valence-corrected chi connectivity index (χ3v) is 4.00. The number of hydrogen-bond acceptors (Lipinski definition) is 2. The number of benzene rings is 1. The van der Waals surface area contributed by atoms with Crippen LogP contribution in [0, 0.1) is 5.82 Å². The van der Waals surface area contributed by atoms with Gasteiger partial charge in [-0.3, -0.25) is 0 Å². The van der Waals surface area contributed by atoms with Crippen LogP contribution in [-0.4, -0.2) is 22.5 Å². The zero-order chi connectivity index (χ0) is 15.4. The van der Waals surface area contributed by atoms with E-state index >= 15 is 0 Å². The fourth-order valence-corrected chi connectivity index (χ4v) is 2.99. The second kappa shape index (κ2) is 7.12. The van der Waals surface area contributed by atoms with Gasteiger partial charge in [0.15, 0.2) is 11.6 Å². The van der Waals surface area contributed by atoms with Crippen LogP contribution in [-0.2, 0) is 6.42 Å². The molecule has 1 heterocycles. The maximum Gasteiger partial charge on any atom is 0.167 e. The highest BCUT2D eigenvalue weighted by molar-refractivity contribution is 6.17. The van der Waals surface area contributed by atoms with Crippen LogP contribution in [0.3, 0.4) is 0 Å². The molecule has 1 aromatic carbocycles. The van der Waals surface area contributed by atoms with Crippen molar-refractivity contribution in [3.05, 3.63) is 23.8 Å². The summed E-state index contributed by atoms with van der Waals surface area (Å²) in [6.45, 7) is 4.33. The number of aromatic nitrogens is 2. The zero-order valence-corrected chi connectivity index (χ0v) is 13.6. The molecule has 0 saturated carbocycles. The highest BCUT2D eigenvalue weighted by Gasteiger charge is 2.19. The summed E-state index contributed by atoms with van der Waals surface area (Å²) in [6.07, 6.45) is 3.85. The summed E-state index contributed by atoms with van der Waals surface area (Å²) in [5.41, 5.74) is 1.59. The van der Waals surface area contributed by atoms with Gasteiger partial charge in [0.25, 0.3) is 0 Å². The van der Waals surface area contributed by atoms with Crippen LogP contribution >= 0.6 is 11.6 Å². The van der Waals surface area contributed by atoms with Crippen molar-refractivity contribution in [3.8, 4) is 5.75 Å². The van der Waals surface area contributed by atoms with E-state index in [1.807, 2.05) is 0 Å². The molecule has 0 saturated heterocycles. The molecule has 0 aliphatic rings. The van der Waals surface area contributed by atoms with Gasteiger partial charge in [-0.1, -0.05) is 20.3 Å². The lowest BCUT2D eigenvalue weighted by molar-refractivity contribution is 0.386. The van der Waals surface area contributed by atoms with Gasteiger partial charge in [0.1, 0.15) is 5.82 Å². The quantitative estimate of drug-likeness (QED) is 0.692. The van der Waals surface area contributed by atoms with Crippen LogP contribution in [0.25, 0.3) is 11.0 Å². The Hall–Kier alpha value is -1.29.